The van der Waals surface area contributed by atoms with Crippen molar-refractivity contribution in [2.24, 2.45) is 5.73 Å². The number of halogens is 1. The Labute approximate surface area is 92.5 Å². The Kier molecular flexibility index (Phi) is 2.40. The Morgan fingerprint density at radius 1 is 1.33 bits per heavy atom. The fourth-order valence-electron chi connectivity index (χ4n) is 1.46. The van der Waals surface area contributed by atoms with Crippen molar-refractivity contribution in [3.63, 3.8) is 0 Å². The van der Waals surface area contributed by atoms with E-state index in [9.17, 15) is 4.79 Å². The molecule has 78 valence electrons. The summed E-state index contributed by atoms with van der Waals surface area (Å²) in [4.78, 5) is 11.2. The van der Waals surface area contributed by atoms with Crippen molar-refractivity contribution in [2.45, 2.75) is 13.0 Å². The van der Waals surface area contributed by atoms with Crippen LogP contribution in [-0.4, -0.2) is 5.97 Å². The largest absolute Gasteiger partial charge is 0.448 e. The van der Waals surface area contributed by atoms with Gasteiger partial charge in [-0.05, 0) is 24.6 Å². The van der Waals surface area contributed by atoms with Crippen molar-refractivity contribution >= 4 is 17.6 Å². The number of hydrogen-bond donors (Lipinski definition) is 1. The molecule has 1 aliphatic heterocycles. The van der Waals surface area contributed by atoms with Gasteiger partial charge in [0, 0.05) is 5.02 Å². The van der Waals surface area contributed by atoms with Gasteiger partial charge in [-0.1, -0.05) is 23.7 Å². The first kappa shape index (κ1) is 10.1. The summed E-state index contributed by atoms with van der Waals surface area (Å²) in [5, 5.41) is 0.641. The highest BCUT2D eigenvalue weighted by Gasteiger charge is 2.30. The predicted molar refractivity (Wildman–Crippen MR) is 57.2 cm³/mol. The third kappa shape index (κ3) is 1.70. The van der Waals surface area contributed by atoms with Gasteiger partial charge in [-0.2, -0.15) is 0 Å². The number of carbonyl (C=O) groups is 1. The standard InChI is InChI=1S/C11H10ClNO2/c1-6-9(13)10(15-11(6)14)7-2-4-8(12)5-3-7/h2-5,10H,13H2,1H3/t10-/m1/s1. The zero-order chi connectivity index (χ0) is 11.0. The third-order valence-corrected chi connectivity index (χ3v) is 2.67. The van der Waals surface area contributed by atoms with E-state index < -0.39 is 6.10 Å². The summed E-state index contributed by atoms with van der Waals surface area (Å²) >= 11 is 5.76. The molecule has 0 amide bonds. The van der Waals surface area contributed by atoms with Gasteiger partial charge >= 0.3 is 5.97 Å². The summed E-state index contributed by atoms with van der Waals surface area (Å²) < 4.78 is 5.13. The number of hydrogen-bond acceptors (Lipinski definition) is 3. The fourth-order valence-corrected chi connectivity index (χ4v) is 1.58. The molecule has 2 rings (SSSR count). The molecule has 1 aromatic rings. The van der Waals surface area contributed by atoms with E-state index in [4.69, 9.17) is 22.1 Å². The molecular weight excluding hydrogens is 214 g/mol. The van der Waals surface area contributed by atoms with E-state index in [-0.39, 0.29) is 5.97 Å². The molecule has 0 spiro atoms. The smallest absolute Gasteiger partial charge is 0.336 e. The minimum atomic E-state index is -0.463. The number of ether oxygens (including phenoxy) is 1. The van der Waals surface area contributed by atoms with Crippen molar-refractivity contribution in [1.82, 2.24) is 0 Å². The monoisotopic (exact) mass is 223 g/mol. The van der Waals surface area contributed by atoms with E-state index in [0.717, 1.165) is 5.56 Å². The maximum atomic E-state index is 11.2. The molecular formula is C11H10ClNO2. The van der Waals surface area contributed by atoms with Crippen molar-refractivity contribution in [3.8, 4) is 0 Å². The first-order chi connectivity index (χ1) is 7.09. The van der Waals surface area contributed by atoms with E-state index in [0.29, 0.717) is 16.3 Å². The molecule has 0 saturated heterocycles. The second-order valence-corrected chi connectivity index (χ2v) is 3.85. The minimum Gasteiger partial charge on any atom is -0.448 e. The Morgan fingerprint density at radius 2 is 1.93 bits per heavy atom. The summed E-state index contributed by atoms with van der Waals surface area (Å²) in [6.45, 7) is 1.66. The maximum absolute atomic E-state index is 11.2. The fraction of sp³-hybridized carbons (Fsp3) is 0.182. The topological polar surface area (TPSA) is 52.3 Å². The van der Waals surface area contributed by atoms with Crippen molar-refractivity contribution in [3.05, 3.63) is 46.1 Å². The summed E-state index contributed by atoms with van der Waals surface area (Å²) in [5.74, 6) is -0.354. The van der Waals surface area contributed by atoms with Crippen LogP contribution in [0.1, 0.15) is 18.6 Å². The first-order valence-corrected chi connectivity index (χ1v) is 4.90. The molecule has 0 radical (unpaired) electrons. The van der Waals surface area contributed by atoms with E-state index in [1.165, 1.54) is 0 Å². The first-order valence-electron chi connectivity index (χ1n) is 4.52. The van der Waals surface area contributed by atoms with Gasteiger partial charge < -0.3 is 10.5 Å². The molecule has 0 bridgehead atoms. The van der Waals surface area contributed by atoms with Gasteiger partial charge in [0.2, 0.25) is 0 Å². The normalized spacial score (nSPS) is 20.7. The van der Waals surface area contributed by atoms with Gasteiger partial charge in [-0.25, -0.2) is 4.79 Å². The van der Waals surface area contributed by atoms with Crippen LogP contribution < -0.4 is 5.73 Å². The van der Waals surface area contributed by atoms with Crippen LogP contribution in [0, 0.1) is 0 Å². The Hall–Kier alpha value is -1.48. The quantitative estimate of drug-likeness (QED) is 0.743. The molecule has 0 unspecified atom stereocenters. The van der Waals surface area contributed by atoms with Crippen LogP contribution >= 0.6 is 11.6 Å². The van der Waals surface area contributed by atoms with Gasteiger partial charge in [0.05, 0.1) is 11.3 Å². The van der Waals surface area contributed by atoms with Crippen molar-refractivity contribution in [2.75, 3.05) is 0 Å². The van der Waals surface area contributed by atoms with Gasteiger partial charge in [-0.3, -0.25) is 0 Å². The van der Waals surface area contributed by atoms with Gasteiger partial charge in [0.25, 0.3) is 0 Å². The summed E-state index contributed by atoms with van der Waals surface area (Å²) in [5.41, 5.74) is 7.57. The highest BCUT2D eigenvalue weighted by molar-refractivity contribution is 6.30. The van der Waals surface area contributed by atoms with E-state index in [2.05, 4.69) is 0 Å². The van der Waals surface area contributed by atoms with Crippen molar-refractivity contribution in [1.29, 1.82) is 0 Å². The highest BCUT2D eigenvalue weighted by atomic mass is 35.5. The molecule has 0 aliphatic carbocycles. The zero-order valence-electron chi connectivity index (χ0n) is 8.16. The van der Waals surface area contributed by atoms with Gasteiger partial charge in [0.1, 0.15) is 0 Å². The Bertz CT molecular complexity index is 436. The second-order valence-electron chi connectivity index (χ2n) is 3.42. The number of rotatable bonds is 1. The van der Waals surface area contributed by atoms with Crippen LogP contribution in [0.3, 0.4) is 0 Å². The van der Waals surface area contributed by atoms with Crippen LogP contribution in [0.5, 0.6) is 0 Å². The average molecular weight is 224 g/mol. The maximum Gasteiger partial charge on any atom is 0.336 e. The van der Waals surface area contributed by atoms with Crippen LogP contribution in [0.25, 0.3) is 0 Å². The van der Waals surface area contributed by atoms with Gasteiger partial charge in [0.15, 0.2) is 6.10 Å². The van der Waals surface area contributed by atoms with Crippen LogP contribution in [0.4, 0.5) is 0 Å². The molecule has 4 heteroatoms. The zero-order valence-corrected chi connectivity index (χ0v) is 8.91. The minimum absolute atomic E-state index is 0.354. The Morgan fingerprint density at radius 3 is 2.40 bits per heavy atom. The number of carbonyl (C=O) groups excluding carboxylic acids is 1. The molecule has 3 nitrogen and oxygen atoms in total. The molecule has 1 heterocycles. The van der Waals surface area contributed by atoms with E-state index in [1.807, 2.05) is 0 Å². The lowest BCUT2D eigenvalue weighted by Crippen LogP contribution is -2.08. The molecule has 0 aromatic heterocycles. The lowest BCUT2D eigenvalue weighted by atomic mass is 10.1. The number of nitrogens with two attached hydrogens (primary N) is 1. The molecule has 1 aromatic carbocycles. The van der Waals surface area contributed by atoms with Crippen LogP contribution in [0.2, 0.25) is 5.02 Å². The molecule has 0 fully saturated rings. The lowest BCUT2D eigenvalue weighted by Gasteiger charge is -2.11. The molecule has 15 heavy (non-hydrogen) atoms. The van der Waals surface area contributed by atoms with Crippen LogP contribution in [0.15, 0.2) is 35.5 Å². The molecule has 2 N–H and O–H groups in total. The summed E-state index contributed by atoms with van der Waals surface area (Å²) in [6.07, 6.45) is -0.463. The summed E-state index contributed by atoms with van der Waals surface area (Å²) in [6, 6.07) is 7.08. The van der Waals surface area contributed by atoms with Crippen molar-refractivity contribution < 1.29 is 9.53 Å². The number of benzene rings is 1. The highest BCUT2D eigenvalue weighted by Crippen LogP contribution is 2.32. The predicted octanol–water partition coefficient (Wildman–Crippen LogP) is 2.17. The van der Waals surface area contributed by atoms with E-state index >= 15 is 0 Å². The Balaban J connectivity index is 2.35. The number of esters is 1. The van der Waals surface area contributed by atoms with Gasteiger partial charge in [-0.15, -0.1) is 0 Å². The molecule has 1 atom stereocenters. The lowest BCUT2D eigenvalue weighted by molar-refractivity contribution is -0.140. The van der Waals surface area contributed by atoms with Crippen LogP contribution in [-0.2, 0) is 9.53 Å². The summed E-state index contributed by atoms with van der Waals surface area (Å²) in [7, 11) is 0. The molecule has 0 saturated carbocycles. The number of cyclic esters (lactones) is 1. The average Bonchev–Trinajstić information content (AvgIpc) is 2.47. The SMILES string of the molecule is CC1=C(N)[C@@H](c2ccc(Cl)cc2)OC1=O. The third-order valence-electron chi connectivity index (χ3n) is 2.42. The second kappa shape index (κ2) is 3.59. The van der Waals surface area contributed by atoms with E-state index in [1.54, 1.807) is 31.2 Å². The molecule has 1 aliphatic rings.